The Morgan fingerprint density at radius 1 is 1.39 bits per heavy atom. The molecule has 0 atom stereocenters. The smallest absolute Gasteiger partial charge is 0.163 e. The van der Waals surface area contributed by atoms with Gasteiger partial charge in [0.25, 0.3) is 0 Å². The number of hydrogen-bond acceptors (Lipinski definition) is 4. The summed E-state index contributed by atoms with van der Waals surface area (Å²) in [5, 5.41) is 3.96. The molecule has 92 valence electrons. The molecule has 0 aliphatic rings. The van der Waals surface area contributed by atoms with Crippen LogP contribution in [0, 0.1) is 0 Å². The third-order valence-corrected chi connectivity index (χ3v) is 3.03. The average molecular weight is 308 g/mol. The molecule has 0 fully saturated rings. The highest BCUT2D eigenvalue weighted by Gasteiger charge is 2.10. The van der Waals surface area contributed by atoms with Gasteiger partial charge in [-0.15, -0.1) is 0 Å². The number of H-pyrrole nitrogens is 1. The minimum absolute atomic E-state index is 0.402. The van der Waals surface area contributed by atoms with Crippen LogP contribution in [0.25, 0.3) is 22.6 Å². The van der Waals surface area contributed by atoms with Gasteiger partial charge in [-0.05, 0) is 18.2 Å². The number of rotatable bonds is 3. The molecule has 6 heteroatoms. The van der Waals surface area contributed by atoms with Crippen LogP contribution >= 0.6 is 15.9 Å². The summed E-state index contributed by atoms with van der Waals surface area (Å²) < 4.78 is 11.1. The van der Waals surface area contributed by atoms with Crippen molar-refractivity contribution in [3.8, 4) is 11.5 Å². The molecule has 0 spiro atoms. The van der Waals surface area contributed by atoms with Gasteiger partial charge in [0.2, 0.25) is 0 Å². The number of nitrogens with zero attached hydrogens (tertiary/aromatic N) is 2. The molecule has 3 aromatic rings. The van der Waals surface area contributed by atoms with Crippen molar-refractivity contribution in [1.29, 1.82) is 0 Å². The number of ether oxygens (including phenoxy) is 1. The molecule has 2 heterocycles. The van der Waals surface area contributed by atoms with Gasteiger partial charge in [0.1, 0.15) is 12.3 Å². The number of methoxy groups -OCH3 is 1. The Balaban J connectivity index is 2.02. The van der Waals surface area contributed by atoms with Gasteiger partial charge in [-0.3, -0.25) is 0 Å². The van der Waals surface area contributed by atoms with E-state index in [2.05, 4.69) is 31.1 Å². The lowest BCUT2D eigenvalue weighted by Gasteiger charge is -1.88. The van der Waals surface area contributed by atoms with Crippen molar-refractivity contribution in [3.63, 3.8) is 0 Å². The fourth-order valence-electron chi connectivity index (χ4n) is 1.74. The van der Waals surface area contributed by atoms with Gasteiger partial charge >= 0.3 is 0 Å². The van der Waals surface area contributed by atoms with E-state index in [0.717, 1.165) is 15.5 Å². The molecule has 2 aromatic heterocycles. The minimum Gasteiger partial charge on any atom is -0.377 e. The molecular formula is C12H10BrN3O2. The maximum absolute atomic E-state index is 5.13. The number of nitrogens with one attached hydrogen (secondary N) is 1. The first kappa shape index (κ1) is 11.4. The predicted molar refractivity (Wildman–Crippen MR) is 70.0 cm³/mol. The second-order valence-electron chi connectivity index (χ2n) is 3.86. The number of hydrogen-bond donors (Lipinski definition) is 1. The van der Waals surface area contributed by atoms with Gasteiger partial charge < -0.3 is 14.2 Å². The normalized spacial score (nSPS) is 11.2. The third kappa shape index (κ3) is 2.04. The monoisotopic (exact) mass is 307 g/mol. The first-order chi connectivity index (χ1) is 8.76. The quantitative estimate of drug-likeness (QED) is 0.807. The first-order valence-electron chi connectivity index (χ1n) is 5.36. The Morgan fingerprint density at radius 2 is 2.28 bits per heavy atom. The van der Waals surface area contributed by atoms with Crippen molar-refractivity contribution >= 4 is 27.0 Å². The van der Waals surface area contributed by atoms with Gasteiger partial charge in [-0.1, -0.05) is 21.1 Å². The van der Waals surface area contributed by atoms with Crippen molar-refractivity contribution in [3.05, 3.63) is 34.5 Å². The summed E-state index contributed by atoms with van der Waals surface area (Å²) in [6.07, 6.45) is 0. The second kappa shape index (κ2) is 4.55. The third-order valence-electron chi connectivity index (χ3n) is 2.53. The summed E-state index contributed by atoms with van der Waals surface area (Å²) >= 11 is 3.42. The molecule has 0 saturated carbocycles. The van der Waals surface area contributed by atoms with Crippen LogP contribution in [-0.2, 0) is 11.3 Å². The molecule has 0 amide bonds. The summed E-state index contributed by atoms with van der Waals surface area (Å²) in [5.41, 5.74) is 2.52. The van der Waals surface area contributed by atoms with Crippen LogP contribution in [0.2, 0.25) is 0 Å². The maximum atomic E-state index is 5.13. The van der Waals surface area contributed by atoms with E-state index in [1.54, 1.807) is 7.11 Å². The van der Waals surface area contributed by atoms with E-state index in [-0.39, 0.29) is 0 Å². The van der Waals surface area contributed by atoms with Crippen molar-refractivity contribution in [2.75, 3.05) is 7.11 Å². The zero-order chi connectivity index (χ0) is 12.5. The highest BCUT2D eigenvalue weighted by atomic mass is 79.9. The Hall–Kier alpha value is -1.66. The molecule has 5 nitrogen and oxygen atoms in total. The number of fused-ring (bicyclic) bond motifs is 1. The van der Waals surface area contributed by atoms with Gasteiger partial charge in [0, 0.05) is 17.6 Å². The highest BCUT2D eigenvalue weighted by Crippen LogP contribution is 2.23. The number of imidazole rings is 1. The molecule has 0 bridgehead atoms. The van der Waals surface area contributed by atoms with E-state index in [4.69, 9.17) is 9.26 Å². The summed E-state index contributed by atoms with van der Waals surface area (Å²) in [6, 6.07) is 7.68. The zero-order valence-electron chi connectivity index (χ0n) is 9.61. The fourth-order valence-corrected chi connectivity index (χ4v) is 2.10. The first-order valence-corrected chi connectivity index (χ1v) is 6.16. The Kier molecular flexibility index (Phi) is 2.89. The molecule has 18 heavy (non-hydrogen) atoms. The summed E-state index contributed by atoms with van der Waals surface area (Å²) in [4.78, 5) is 7.66. The van der Waals surface area contributed by atoms with Crippen LogP contribution in [0.15, 0.2) is 33.3 Å². The Bertz CT molecular complexity index is 690. The number of halogens is 1. The minimum atomic E-state index is 0.402. The molecule has 3 rings (SSSR count). The lowest BCUT2D eigenvalue weighted by atomic mass is 10.3. The standard InChI is InChI=1S/C12H10BrN3O2/c1-17-6-8-5-11(16-18-8)12-14-9-3-2-7(13)4-10(9)15-12/h2-5H,6H2,1H3,(H,14,15). The van der Waals surface area contributed by atoms with Gasteiger partial charge in [0.15, 0.2) is 11.6 Å². The van der Waals surface area contributed by atoms with Crippen LogP contribution < -0.4 is 0 Å². The van der Waals surface area contributed by atoms with Crippen LogP contribution in [0.5, 0.6) is 0 Å². The number of aromatic amines is 1. The molecule has 1 aromatic carbocycles. The van der Waals surface area contributed by atoms with Crippen molar-refractivity contribution in [2.45, 2.75) is 6.61 Å². The van der Waals surface area contributed by atoms with E-state index in [0.29, 0.717) is 23.9 Å². The van der Waals surface area contributed by atoms with Gasteiger partial charge in [-0.25, -0.2) is 4.98 Å². The van der Waals surface area contributed by atoms with Crippen molar-refractivity contribution in [1.82, 2.24) is 15.1 Å². The summed E-state index contributed by atoms with van der Waals surface area (Å²) in [5.74, 6) is 1.36. The van der Waals surface area contributed by atoms with Crippen LogP contribution in [-0.4, -0.2) is 22.2 Å². The topological polar surface area (TPSA) is 63.9 Å². The molecule has 0 aliphatic heterocycles. The van der Waals surface area contributed by atoms with Crippen molar-refractivity contribution in [2.24, 2.45) is 0 Å². The lowest BCUT2D eigenvalue weighted by molar-refractivity contribution is 0.156. The molecule has 1 N–H and O–H groups in total. The van der Waals surface area contributed by atoms with E-state index in [1.165, 1.54) is 0 Å². The van der Waals surface area contributed by atoms with E-state index >= 15 is 0 Å². The average Bonchev–Trinajstić information content (AvgIpc) is 2.94. The SMILES string of the molecule is COCc1cc(-c2nc3ccc(Br)cc3[nH]2)no1. The molecule has 0 aliphatic carbocycles. The highest BCUT2D eigenvalue weighted by molar-refractivity contribution is 9.10. The van der Waals surface area contributed by atoms with E-state index in [9.17, 15) is 0 Å². The van der Waals surface area contributed by atoms with Crippen LogP contribution in [0.3, 0.4) is 0 Å². The van der Waals surface area contributed by atoms with Gasteiger partial charge in [0.05, 0.1) is 11.0 Å². The maximum Gasteiger partial charge on any atom is 0.163 e. The lowest BCUT2D eigenvalue weighted by Crippen LogP contribution is -1.82. The molecular weight excluding hydrogens is 298 g/mol. The van der Waals surface area contributed by atoms with Crippen LogP contribution in [0.1, 0.15) is 5.76 Å². The fraction of sp³-hybridized carbons (Fsp3) is 0.167. The molecule has 0 unspecified atom stereocenters. The second-order valence-corrected chi connectivity index (χ2v) is 4.77. The Morgan fingerprint density at radius 3 is 3.11 bits per heavy atom. The van der Waals surface area contributed by atoms with Gasteiger partial charge in [-0.2, -0.15) is 0 Å². The van der Waals surface area contributed by atoms with Crippen molar-refractivity contribution < 1.29 is 9.26 Å². The molecule has 0 radical (unpaired) electrons. The summed E-state index contributed by atoms with van der Waals surface area (Å²) in [6.45, 7) is 0.402. The largest absolute Gasteiger partial charge is 0.377 e. The number of benzene rings is 1. The Labute approximate surface area is 111 Å². The summed E-state index contributed by atoms with van der Waals surface area (Å²) in [7, 11) is 1.61. The number of aromatic nitrogens is 3. The van der Waals surface area contributed by atoms with E-state index in [1.807, 2.05) is 24.3 Å². The zero-order valence-corrected chi connectivity index (χ0v) is 11.2. The van der Waals surface area contributed by atoms with E-state index < -0.39 is 0 Å². The predicted octanol–water partition coefficient (Wildman–Crippen LogP) is 3.13. The molecule has 0 saturated heterocycles. The van der Waals surface area contributed by atoms with Crippen LogP contribution in [0.4, 0.5) is 0 Å².